The maximum Gasteiger partial charge on any atom is 0.255 e. The fourth-order valence-corrected chi connectivity index (χ4v) is 2.49. The van der Waals surface area contributed by atoms with Gasteiger partial charge in [0, 0.05) is 29.6 Å². The Hall–Kier alpha value is -1.50. The Morgan fingerprint density at radius 1 is 1.53 bits per heavy atom. The molecule has 0 atom stereocenters. The average Bonchev–Trinajstić information content (AvgIpc) is 2.69. The van der Waals surface area contributed by atoms with Crippen molar-refractivity contribution < 1.29 is 13.6 Å². The highest BCUT2D eigenvalue weighted by molar-refractivity contribution is 9.10. The molecular formula is C12H10BrF2N3O. The van der Waals surface area contributed by atoms with E-state index in [9.17, 15) is 13.6 Å². The summed E-state index contributed by atoms with van der Waals surface area (Å²) in [4.78, 5) is 12.0. The molecule has 0 bridgehead atoms. The van der Waals surface area contributed by atoms with Crippen LogP contribution in [-0.4, -0.2) is 27.5 Å². The fraction of sp³-hybridized carbons (Fsp3) is 0.333. The van der Waals surface area contributed by atoms with Gasteiger partial charge < -0.3 is 5.32 Å². The predicted octanol–water partition coefficient (Wildman–Crippen LogP) is 2.62. The van der Waals surface area contributed by atoms with Gasteiger partial charge in [0.05, 0.1) is 17.3 Å². The molecule has 1 N–H and O–H groups in total. The summed E-state index contributed by atoms with van der Waals surface area (Å²) >= 11 is 3.32. The molecule has 2 aromatic heterocycles. The maximum atomic E-state index is 12.7. The molecule has 7 heteroatoms. The molecule has 2 aromatic rings. The Balaban J connectivity index is 1.80. The molecule has 0 spiro atoms. The Bertz CT molecular complexity index is 647. The van der Waals surface area contributed by atoms with Crippen LogP contribution >= 0.6 is 15.9 Å². The van der Waals surface area contributed by atoms with Gasteiger partial charge in [0.1, 0.15) is 0 Å². The highest BCUT2D eigenvalue weighted by Gasteiger charge is 2.46. The molecule has 19 heavy (non-hydrogen) atoms. The fourth-order valence-electron chi connectivity index (χ4n) is 2.16. The predicted molar refractivity (Wildman–Crippen MR) is 68.3 cm³/mol. The van der Waals surface area contributed by atoms with E-state index in [1.807, 2.05) is 0 Å². The van der Waals surface area contributed by atoms with Gasteiger partial charge in [-0.1, -0.05) is 15.9 Å². The minimum atomic E-state index is -2.64. The van der Waals surface area contributed by atoms with E-state index in [-0.39, 0.29) is 18.7 Å². The summed E-state index contributed by atoms with van der Waals surface area (Å²) in [6.07, 6.45) is 2.57. The molecule has 1 saturated carbocycles. The van der Waals surface area contributed by atoms with Gasteiger partial charge >= 0.3 is 0 Å². The van der Waals surface area contributed by atoms with Crippen LogP contribution in [0.25, 0.3) is 5.52 Å². The number of hydrogen-bond donors (Lipinski definition) is 1. The highest BCUT2D eigenvalue weighted by Crippen LogP contribution is 2.37. The lowest BCUT2D eigenvalue weighted by molar-refractivity contribution is -0.0901. The molecule has 0 saturated heterocycles. The second kappa shape index (κ2) is 4.26. The van der Waals surface area contributed by atoms with E-state index in [2.05, 4.69) is 26.3 Å². The number of carbonyl (C=O) groups excluding carboxylic acids is 1. The van der Waals surface area contributed by atoms with Crippen LogP contribution in [0.3, 0.4) is 0 Å². The van der Waals surface area contributed by atoms with Crippen LogP contribution < -0.4 is 5.32 Å². The summed E-state index contributed by atoms with van der Waals surface area (Å²) in [6.45, 7) is 0. The first-order chi connectivity index (χ1) is 8.94. The lowest BCUT2D eigenvalue weighted by Crippen LogP contribution is -2.50. The average molecular weight is 330 g/mol. The molecule has 4 nitrogen and oxygen atoms in total. The first-order valence-electron chi connectivity index (χ1n) is 5.76. The first-order valence-corrected chi connectivity index (χ1v) is 6.55. The van der Waals surface area contributed by atoms with E-state index in [1.165, 1.54) is 6.20 Å². The van der Waals surface area contributed by atoms with Crippen LogP contribution in [0.15, 0.2) is 29.0 Å². The molecule has 2 heterocycles. The SMILES string of the molecule is O=C(NC1CC(F)(F)C1)c1cnn2ccc(Br)cc12. The molecular weight excluding hydrogens is 320 g/mol. The van der Waals surface area contributed by atoms with Crippen molar-refractivity contribution in [3.05, 3.63) is 34.6 Å². The van der Waals surface area contributed by atoms with Crippen LogP contribution in [-0.2, 0) is 0 Å². The van der Waals surface area contributed by atoms with E-state index in [1.54, 1.807) is 22.8 Å². The quantitative estimate of drug-likeness (QED) is 0.920. The summed E-state index contributed by atoms with van der Waals surface area (Å²) in [5.74, 6) is -3.00. The molecule has 1 amide bonds. The minimum absolute atomic E-state index is 0.290. The number of alkyl halides is 2. The summed E-state index contributed by atoms with van der Waals surface area (Å²) in [7, 11) is 0. The van der Waals surface area contributed by atoms with E-state index in [4.69, 9.17) is 0 Å². The molecule has 0 unspecified atom stereocenters. The van der Waals surface area contributed by atoms with Gasteiger partial charge in [-0.15, -0.1) is 0 Å². The number of pyridine rings is 1. The van der Waals surface area contributed by atoms with E-state index >= 15 is 0 Å². The van der Waals surface area contributed by atoms with Gasteiger partial charge in [-0.2, -0.15) is 5.10 Å². The number of hydrogen-bond acceptors (Lipinski definition) is 2. The van der Waals surface area contributed by atoms with Crippen LogP contribution in [0.5, 0.6) is 0 Å². The third-order valence-corrected chi connectivity index (χ3v) is 3.65. The number of nitrogens with zero attached hydrogens (tertiary/aromatic N) is 2. The Labute approximate surface area is 115 Å². The topological polar surface area (TPSA) is 46.4 Å². The summed E-state index contributed by atoms with van der Waals surface area (Å²) in [5, 5.41) is 6.65. The Morgan fingerprint density at radius 2 is 2.26 bits per heavy atom. The van der Waals surface area contributed by atoms with Crippen molar-refractivity contribution in [1.29, 1.82) is 0 Å². The normalized spacial score (nSPS) is 18.3. The number of halogens is 3. The largest absolute Gasteiger partial charge is 0.349 e. The van der Waals surface area contributed by atoms with Crippen molar-refractivity contribution in [3.8, 4) is 0 Å². The van der Waals surface area contributed by atoms with Crippen LogP contribution in [0.1, 0.15) is 23.2 Å². The molecule has 0 aliphatic heterocycles. The monoisotopic (exact) mass is 329 g/mol. The second-order valence-corrected chi connectivity index (χ2v) is 5.58. The van der Waals surface area contributed by atoms with Gasteiger partial charge in [0.2, 0.25) is 0 Å². The van der Waals surface area contributed by atoms with Crippen molar-refractivity contribution in [2.75, 3.05) is 0 Å². The minimum Gasteiger partial charge on any atom is -0.349 e. The van der Waals surface area contributed by atoms with Gasteiger partial charge in [-0.05, 0) is 12.1 Å². The molecule has 100 valence electrons. The van der Waals surface area contributed by atoms with Crippen LogP contribution in [0.2, 0.25) is 0 Å². The Kier molecular flexibility index (Phi) is 2.81. The summed E-state index contributed by atoms with van der Waals surface area (Å²) in [5.41, 5.74) is 1.02. The first kappa shape index (κ1) is 12.5. The zero-order valence-corrected chi connectivity index (χ0v) is 11.3. The van der Waals surface area contributed by atoms with Crippen LogP contribution in [0.4, 0.5) is 8.78 Å². The zero-order chi connectivity index (χ0) is 13.6. The number of amides is 1. The smallest absolute Gasteiger partial charge is 0.255 e. The van der Waals surface area contributed by atoms with Crippen LogP contribution in [0, 0.1) is 0 Å². The van der Waals surface area contributed by atoms with Crippen molar-refractivity contribution >= 4 is 27.4 Å². The van der Waals surface area contributed by atoms with Crippen molar-refractivity contribution in [1.82, 2.24) is 14.9 Å². The number of rotatable bonds is 2. The lowest BCUT2D eigenvalue weighted by atomic mass is 9.88. The number of nitrogens with one attached hydrogen (secondary N) is 1. The third kappa shape index (κ3) is 2.34. The van der Waals surface area contributed by atoms with E-state index in [0.29, 0.717) is 11.1 Å². The van der Waals surface area contributed by atoms with Crippen molar-refractivity contribution in [3.63, 3.8) is 0 Å². The Morgan fingerprint density at radius 3 is 2.95 bits per heavy atom. The van der Waals surface area contributed by atoms with Crippen molar-refractivity contribution in [2.45, 2.75) is 24.8 Å². The van der Waals surface area contributed by atoms with Gasteiger partial charge in [-0.25, -0.2) is 13.3 Å². The van der Waals surface area contributed by atoms with Crippen molar-refractivity contribution in [2.24, 2.45) is 0 Å². The van der Waals surface area contributed by atoms with Gasteiger partial charge in [-0.3, -0.25) is 4.79 Å². The second-order valence-electron chi connectivity index (χ2n) is 4.67. The van der Waals surface area contributed by atoms with E-state index < -0.39 is 12.0 Å². The lowest BCUT2D eigenvalue weighted by Gasteiger charge is -2.35. The standard InChI is InChI=1S/C12H10BrF2N3O/c13-7-1-2-18-10(3-7)9(6-16-18)11(19)17-8-4-12(14,15)5-8/h1-3,6,8H,4-5H2,(H,17,19). The molecule has 0 radical (unpaired) electrons. The van der Waals surface area contributed by atoms with Gasteiger partial charge in [0.15, 0.2) is 0 Å². The molecule has 1 fully saturated rings. The molecule has 0 aromatic carbocycles. The zero-order valence-electron chi connectivity index (χ0n) is 9.74. The maximum absolute atomic E-state index is 12.7. The summed E-state index contributed by atoms with van der Waals surface area (Å²) < 4.78 is 27.8. The number of carbonyl (C=O) groups is 1. The summed E-state index contributed by atoms with van der Waals surface area (Å²) in [6, 6.07) is 3.11. The number of fused-ring (bicyclic) bond motifs is 1. The van der Waals surface area contributed by atoms with Gasteiger partial charge in [0.25, 0.3) is 11.8 Å². The van der Waals surface area contributed by atoms with E-state index in [0.717, 1.165) is 4.47 Å². The molecule has 1 aliphatic carbocycles. The molecule has 1 aliphatic rings. The molecule has 3 rings (SSSR count). The highest BCUT2D eigenvalue weighted by atomic mass is 79.9. The number of aromatic nitrogens is 2. The third-order valence-electron chi connectivity index (χ3n) is 3.15.